The Bertz CT molecular complexity index is 258. The van der Waals surface area contributed by atoms with Gasteiger partial charge in [0.05, 0.1) is 5.60 Å². The van der Waals surface area contributed by atoms with Crippen molar-refractivity contribution in [3.05, 3.63) is 0 Å². The van der Waals surface area contributed by atoms with Crippen LogP contribution in [0.1, 0.15) is 64.2 Å². The van der Waals surface area contributed by atoms with Crippen molar-refractivity contribution in [1.82, 2.24) is 5.32 Å². The highest BCUT2D eigenvalue weighted by Gasteiger charge is 2.40. The van der Waals surface area contributed by atoms with Gasteiger partial charge < -0.3 is 10.4 Å². The van der Waals surface area contributed by atoms with E-state index in [1.54, 1.807) is 0 Å². The minimum Gasteiger partial charge on any atom is -0.389 e. The maximum Gasteiger partial charge on any atom is 0.0771 e. The molecule has 2 N–H and O–H groups in total. The summed E-state index contributed by atoms with van der Waals surface area (Å²) in [4.78, 5) is 0. The summed E-state index contributed by atoms with van der Waals surface area (Å²) in [6.07, 6.45) is 12.8. The van der Waals surface area contributed by atoms with Gasteiger partial charge in [0, 0.05) is 12.6 Å². The highest BCUT2D eigenvalue weighted by molar-refractivity contribution is 4.95. The summed E-state index contributed by atoms with van der Waals surface area (Å²) < 4.78 is 0. The predicted octanol–water partition coefficient (Wildman–Crippen LogP) is 2.85. The van der Waals surface area contributed by atoms with Crippen LogP contribution in [-0.4, -0.2) is 23.3 Å². The van der Waals surface area contributed by atoms with Gasteiger partial charge in [-0.1, -0.05) is 32.1 Å². The van der Waals surface area contributed by atoms with Gasteiger partial charge in [-0.25, -0.2) is 0 Å². The van der Waals surface area contributed by atoms with Gasteiger partial charge in [0.1, 0.15) is 0 Å². The summed E-state index contributed by atoms with van der Waals surface area (Å²) in [5.41, 5.74) is -0.391. The maximum absolute atomic E-state index is 10.6. The molecule has 2 nitrogen and oxygen atoms in total. The molecule has 0 saturated heterocycles. The fourth-order valence-electron chi connectivity index (χ4n) is 4.38. The fraction of sp³-hybridized carbons (Fsp3) is 1.00. The fourth-order valence-corrected chi connectivity index (χ4v) is 4.38. The van der Waals surface area contributed by atoms with Gasteiger partial charge in [-0.15, -0.1) is 0 Å². The van der Waals surface area contributed by atoms with Crippen LogP contribution in [0.4, 0.5) is 0 Å². The van der Waals surface area contributed by atoms with Gasteiger partial charge in [0.25, 0.3) is 0 Å². The van der Waals surface area contributed by atoms with Gasteiger partial charge in [-0.05, 0) is 43.9 Å². The third-order valence-corrected chi connectivity index (χ3v) is 5.47. The predicted molar refractivity (Wildman–Crippen MR) is 69.9 cm³/mol. The van der Waals surface area contributed by atoms with Gasteiger partial charge in [0.2, 0.25) is 0 Å². The molecule has 98 valence electrons. The van der Waals surface area contributed by atoms with E-state index in [1.165, 1.54) is 51.4 Å². The normalized spacial score (nSPS) is 40.4. The molecule has 0 radical (unpaired) electrons. The number of rotatable bonds is 3. The molecule has 0 spiro atoms. The smallest absolute Gasteiger partial charge is 0.0771 e. The van der Waals surface area contributed by atoms with E-state index in [0.717, 1.165) is 37.3 Å². The Hall–Kier alpha value is -0.0800. The average molecular weight is 237 g/mol. The molecular formula is C15H27NO. The summed E-state index contributed by atoms with van der Waals surface area (Å²) in [5, 5.41) is 14.3. The minimum atomic E-state index is -0.391. The Morgan fingerprint density at radius 3 is 2.35 bits per heavy atom. The van der Waals surface area contributed by atoms with E-state index >= 15 is 0 Å². The number of nitrogens with one attached hydrogen (secondary N) is 1. The SMILES string of the molecule is OC1(CNC2CC3CCC2C3)CCCCCC1. The van der Waals surface area contributed by atoms with E-state index < -0.39 is 5.60 Å². The molecule has 3 aliphatic carbocycles. The van der Waals surface area contributed by atoms with Crippen LogP contribution < -0.4 is 5.32 Å². The lowest BCUT2D eigenvalue weighted by molar-refractivity contribution is 0.0209. The monoisotopic (exact) mass is 237 g/mol. The molecule has 3 saturated carbocycles. The van der Waals surface area contributed by atoms with Crippen LogP contribution in [0.5, 0.6) is 0 Å². The maximum atomic E-state index is 10.6. The first-order valence-corrected chi connectivity index (χ1v) is 7.71. The zero-order valence-corrected chi connectivity index (χ0v) is 11.0. The molecular weight excluding hydrogens is 210 g/mol. The van der Waals surface area contributed by atoms with Crippen LogP contribution in [0.25, 0.3) is 0 Å². The van der Waals surface area contributed by atoms with E-state index in [-0.39, 0.29) is 0 Å². The Morgan fingerprint density at radius 2 is 1.76 bits per heavy atom. The number of aliphatic hydroxyl groups is 1. The largest absolute Gasteiger partial charge is 0.389 e. The van der Waals surface area contributed by atoms with Crippen molar-refractivity contribution in [1.29, 1.82) is 0 Å². The van der Waals surface area contributed by atoms with Crippen LogP contribution in [0.15, 0.2) is 0 Å². The molecule has 3 rings (SSSR count). The number of hydrogen-bond donors (Lipinski definition) is 2. The van der Waals surface area contributed by atoms with Crippen molar-refractivity contribution in [2.45, 2.75) is 75.9 Å². The highest BCUT2D eigenvalue weighted by Crippen LogP contribution is 2.44. The minimum absolute atomic E-state index is 0.391. The summed E-state index contributed by atoms with van der Waals surface area (Å²) in [7, 11) is 0. The lowest BCUT2D eigenvalue weighted by Crippen LogP contribution is -2.45. The molecule has 0 aromatic carbocycles. The van der Waals surface area contributed by atoms with Crippen molar-refractivity contribution >= 4 is 0 Å². The second kappa shape index (κ2) is 4.89. The van der Waals surface area contributed by atoms with Crippen LogP contribution in [-0.2, 0) is 0 Å². The van der Waals surface area contributed by atoms with Gasteiger partial charge in [-0.2, -0.15) is 0 Å². The van der Waals surface area contributed by atoms with Crippen molar-refractivity contribution in [2.24, 2.45) is 11.8 Å². The van der Waals surface area contributed by atoms with Crippen LogP contribution >= 0.6 is 0 Å². The first-order chi connectivity index (χ1) is 8.25. The Labute approximate surface area is 105 Å². The second-order valence-corrected chi connectivity index (χ2v) is 6.80. The summed E-state index contributed by atoms with van der Waals surface area (Å²) in [5.74, 6) is 1.93. The summed E-state index contributed by atoms with van der Waals surface area (Å²) >= 11 is 0. The quantitative estimate of drug-likeness (QED) is 0.740. The third kappa shape index (κ3) is 2.68. The summed E-state index contributed by atoms with van der Waals surface area (Å²) in [6.45, 7) is 0.848. The molecule has 0 aromatic rings. The third-order valence-electron chi connectivity index (χ3n) is 5.47. The van der Waals surface area contributed by atoms with Crippen LogP contribution in [0, 0.1) is 11.8 Å². The van der Waals surface area contributed by atoms with Crippen LogP contribution in [0.3, 0.4) is 0 Å². The molecule has 0 aromatic heterocycles. The van der Waals surface area contributed by atoms with Gasteiger partial charge in [0.15, 0.2) is 0 Å². The molecule has 0 heterocycles. The standard InChI is InChI=1S/C15H27NO/c17-15(7-3-1-2-4-8-15)11-16-14-10-12-5-6-13(14)9-12/h12-14,16-17H,1-11H2. The number of fused-ring (bicyclic) bond motifs is 2. The van der Waals surface area contributed by atoms with Crippen LogP contribution in [0.2, 0.25) is 0 Å². The van der Waals surface area contributed by atoms with Crippen molar-refractivity contribution in [2.75, 3.05) is 6.54 Å². The van der Waals surface area contributed by atoms with Crippen molar-refractivity contribution in [3.63, 3.8) is 0 Å². The zero-order chi connectivity index (χ0) is 11.7. The molecule has 0 amide bonds. The molecule has 2 bridgehead atoms. The molecule has 3 aliphatic rings. The molecule has 3 fully saturated rings. The Balaban J connectivity index is 1.49. The van der Waals surface area contributed by atoms with E-state index in [4.69, 9.17) is 0 Å². The highest BCUT2D eigenvalue weighted by atomic mass is 16.3. The molecule has 3 unspecified atom stereocenters. The molecule has 3 atom stereocenters. The molecule has 0 aliphatic heterocycles. The van der Waals surface area contributed by atoms with Gasteiger partial charge >= 0.3 is 0 Å². The van der Waals surface area contributed by atoms with E-state index in [0.29, 0.717) is 0 Å². The van der Waals surface area contributed by atoms with Crippen molar-refractivity contribution in [3.8, 4) is 0 Å². The Morgan fingerprint density at radius 1 is 1.00 bits per heavy atom. The zero-order valence-electron chi connectivity index (χ0n) is 11.0. The first-order valence-electron chi connectivity index (χ1n) is 7.71. The first kappa shape index (κ1) is 12.0. The lowest BCUT2D eigenvalue weighted by atomic mass is 9.91. The van der Waals surface area contributed by atoms with E-state index in [9.17, 15) is 5.11 Å². The van der Waals surface area contributed by atoms with Gasteiger partial charge in [-0.3, -0.25) is 0 Å². The summed E-state index contributed by atoms with van der Waals surface area (Å²) in [6, 6.07) is 0.723. The number of hydrogen-bond acceptors (Lipinski definition) is 2. The topological polar surface area (TPSA) is 32.3 Å². The Kier molecular flexibility index (Phi) is 3.45. The molecule has 17 heavy (non-hydrogen) atoms. The lowest BCUT2D eigenvalue weighted by Gasteiger charge is -2.31. The second-order valence-electron chi connectivity index (χ2n) is 6.80. The average Bonchev–Trinajstić information content (AvgIpc) is 2.87. The van der Waals surface area contributed by atoms with E-state index in [2.05, 4.69) is 5.32 Å². The molecule has 2 heteroatoms. The van der Waals surface area contributed by atoms with E-state index in [1.807, 2.05) is 0 Å². The van der Waals surface area contributed by atoms with Crippen molar-refractivity contribution < 1.29 is 5.11 Å².